The molecule has 0 atom stereocenters. The maximum absolute atomic E-state index is 2.51. The van der Waals surface area contributed by atoms with E-state index >= 15 is 0 Å². The van der Waals surface area contributed by atoms with Crippen molar-refractivity contribution >= 4 is 0 Å². The third-order valence-corrected chi connectivity index (χ3v) is 6.45. The van der Waals surface area contributed by atoms with Crippen LogP contribution in [-0.4, -0.2) is 29.6 Å². The van der Waals surface area contributed by atoms with Crippen molar-refractivity contribution in [2.45, 2.75) is 142 Å². The van der Waals surface area contributed by atoms with Gasteiger partial charge in [0, 0.05) is 25.5 Å². The normalized spacial score (nSPS) is 13.7. The molecule has 1 aliphatic rings. The Labute approximate surface area is 184 Å². The van der Waals surface area contributed by atoms with Crippen LogP contribution in [0.4, 0.5) is 0 Å². The van der Waals surface area contributed by atoms with Gasteiger partial charge in [0.25, 0.3) is 0 Å². The molecule has 0 radical (unpaired) electrons. The molecular formula is C27H54N2. The highest BCUT2D eigenvalue weighted by molar-refractivity contribution is 4.90. The molecular weight excluding hydrogens is 352 g/mol. The van der Waals surface area contributed by atoms with Gasteiger partial charge in [0.2, 0.25) is 0 Å². The lowest BCUT2D eigenvalue weighted by molar-refractivity contribution is 0.257. The molecule has 1 rings (SSSR count). The van der Waals surface area contributed by atoms with Crippen molar-refractivity contribution in [1.82, 2.24) is 9.80 Å². The van der Waals surface area contributed by atoms with Gasteiger partial charge in [-0.15, -0.1) is 0 Å². The molecule has 0 N–H and O–H groups in total. The fraction of sp³-hybridized carbons (Fsp3) is 0.926. The number of hydrogen-bond acceptors (Lipinski definition) is 2. The zero-order valence-corrected chi connectivity index (χ0v) is 20.3. The van der Waals surface area contributed by atoms with E-state index in [1.165, 1.54) is 142 Å². The summed E-state index contributed by atoms with van der Waals surface area (Å²) < 4.78 is 0. The van der Waals surface area contributed by atoms with Crippen LogP contribution in [0.2, 0.25) is 0 Å². The lowest BCUT2D eigenvalue weighted by Crippen LogP contribution is -2.26. The van der Waals surface area contributed by atoms with Crippen molar-refractivity contribution in [2.75, 3.05) is 19.8 Å². The first-order chi connectivity index (χ1) is 14.4. The highest BCUT2D eigenvalue weighted by atomic mass is 15.3. The first kappa shape index (κ1) is 26.4. The quantitative estimate of drug-likeness (QED) is 0.166. The van der Waals surface area contributed by atoms with Crippen molar-refractivity contribution in [3.05, 3.63) is 12.4 Å². The lowest BCUT2D eigenvalue weighted by atomic mass is 10.0. The van der Waals surface area contributed by atoms with Gasteiger partial charge in [0.1, 0.15) is 0 Å². The summed E-state index contributed by atoms with van der Waals surface area (Å²) >= 11 is 0. The second kappa shape index (κ2) is 20.6. The summed E-state index contributed by atoms with van der Waals surface area (Å²) in [5, 5.41) is 0. The molecule has 1 heterocycles. The van der Waals surface area contributed by atoms with E-state index in [0.29, 0.717) is 0 Å². The minimum absolute atomic E-state index is 1.13. The molecule has 0 saturated heterocycles. The van der Waals surface area contributed by atoms with E-state index in [2.05, 4.69) is 36.0 Å². The molecule has 0 bridgehead atoms. The van der Waals surface area contributed by atoms with Crippen LogP contribution in [0.3, 0.4) is 0 Å². The summed E-state index contributed by atoms with van der Waals surface area (Å²) in [5.74, 6) is 0. The molecule has 0 aromatic heterocycles. The van der Waals surface area contributed by atoms with Crippen molar-refractivity contribution in [3.63, 3.8) is 0 Å². The molecule has 0 spiro atoms. The molecule has 0 unspecified atom stereocenters. The van der Waals surface area contributed by atoms with Gasteiger partial charge in [-0.2, -0.15) is 0 Å². The molecule has 29 heavy (non-hydrogen) atoms. The summed E-state index contributed by atoms with van der Waals surface area (Å²) in [5.41, 5.74) is 0. The van der Waals surface area contributed by atoms with Gasteiger partial charge < -0.3 is 9.80 Å². The maximum Gasteiger partial charge on any atom is 0.0893 e. The van der Waals surface area contributed by atoms with Crippen LogP contribution < -0.4 is 0 Å². The Bertz CT molecular complexity index is 352. The van der Waals surface area contributed by atoms with Crippen LogP contribution in [0.15, 0.2) is 12.4 Å². The number of nitrogens with zero attached hydrogens (tertiary/aromatic N) is 2. The maximum atomic E-state index is 2.51. The fourth-order valence-corrected chi connectivity index (χ4v) is 4.41. The Kier molecular flexibility index (Phi) is 18.7. The van der Waals surface area contributed by atoms with E-state index in [-0.39, 0.29) is 0 Å². The van der Waals surface area contributed by atoms with Gasteiger partial charge in [-0.1, -0.05) is 129 Å². The SMILES string of the molecule is CCCCCCCCCCCCCCCCCN1C=CN(CCCCCCC)C1. The van der Waals surface area contributed by atoms with E-state index in [4.69, 9.17) is 0 Å². The third kappa shape index (κ3) is 16.8. The standard InChI is InChI=1S/C27H54N2/c1-3-5-7-9-10-11-12-13-14-15-16-17-18-20-22-24-29-26-25-28(27-29)23-21-19-8-6-4-2/h25-26H,3-24,27H2,1-2H3. The summed E-state index contributed by atoms with van der Waals surface area (Å²) in [6.45, 7) is 8.22. The second-order valence-corrected chi connectivity index (χ2v) is 9.43. The molecule has 0 aromatic rings. The Hall–Kier alpha value is -0.660. The number of unbranched alkanes of at least 4 members (excludes halogenated alkanes) is 18. The van der Waals surface area contributed by atoms with Gasteiger partial charge in [-0.05, 0) is 12.8 Å². The molecule has 0 amide bonds. The van der Waals surface area contributed by atoms with Crippen LogP contribution in [0.5, 0.6) is 0 Å². The van der Waals surface area contributed by atoms with Gasteiger partial charge >= 0.3 is 0 Å². The molecule has 172 valence electrons. The monoisotopic (exact) mass is 406 g/mol. The lowest BCUT2D eigenvalue weighted by Gasteiger charge is -2.21. The molecule has 0 aromatic carbocycles. The van der Waals surface area contributed by atoms with E-state index < -0.39 is 0 Å². The van der Waals surface area contributed by atoms with Crippen molar-refractivity contribution in [2.24, 2.45) is 0 Å². The third-order valence-electron chi connectivity index (χ3n) is 6.45. The van der Waals surface area contributed by atoms with Gasteiger partial charge in [0.05, 0.1) is 6.67 Å². The number of hydrogen-bond donors (Lipinski definition) is 0. The van der Waals surface area contributed by atoms with E-state index in [0.717, 1.165) is 6.67 Å². The second-order valence-electron chi connectivity index (χ2n) is 9.43. The predicted octanol–water partition coefficient (Wildman–Crippen LogP) is 8.87. The summed E-state index contributed by atoms with van der Waals surface area (Å²) in [4.78, 5) is 5.01. The minimum atomic E-state index is 1.13. The van der Waals surface area contributed by atoms with Crippen LogP contribution >= 0.6 is 0 Å². The highest BCUT2D eigenvalue weighted by Crippen LogP contribution is 2.14. The van der Waals surface area contributed by atoms with Crippen molar-refractivity contribution in [3.8, 4) is 0 Å². The highest BCUT2D eigenvalue weighted by Gasteiger charge is 2.10. The summed E-state index contributed by atoms with van der Waals surface area (Å²) in [6, 6.07) is 0. The zero-order valence-electron chi connectivity index (χ0n) is 20.3. The Morgan fingerprint density at radius 2 is 0.690 bits per heavy atom. The first-order valence-corrected chi connectivity index (χ1v) is 13.5. The van der Waals surface area contributed by atoms with E-state index in [1.54, 1.807) is 0 Å². The molecule has 0 aliphatic carbocycles. The molecule has 2 heteroatoms. The van der Waals surface area contributed by atoms with Crippen molar-refractivity contribution < 1.29 is 0 Å². The molecule has 0 fully saturated rings. The summed E-state index contributed by atoms with van der Waals surface area (Å²) in [7, 11) is 0. The minimum Gasteiger partial charge on any atom is -0.359 e. The van der Waals surface area contributed by atoms with Crippen LogP contribution in [-0.2, 0) is 0 Å². The van der Waals surface area contributed by atoms with Gasteiger partial charge in [0.15, 0.2) is 0 Å². The Morgan fingerprint density at radius 1 is 0.414 bits per heavy atom. The first-order valence-electron chi connectivity index (χ1n) is 13.5. The Balaban J connectivity index is 1.76. The van der Waals surface area contributed by atoms with Gasteiger partial charge in [-0.25, -0.2) is 0 Å². The average Bonchev–Trinajstić information content (AvgIpc) is 3.18. The Morgan fingerprint density at radius 3 is 1.00 bits per heavy atom. The average molecular weight is 407 g/mol. The van der Waals surface area contributed by atoms with Gasteiger partial charge in [-0.3, -0.25) is 0 Å². The summed E-state index contributed by atoms with van der Waals surface area (Å²) in [6.07, 6.45) is 33.3. The number of rotatable bonds is 22. The molecule has 2 nitrogen and oxygen atoms in total. The van der Waals surface area contributed by atoms with Crippen LogP contribution in [0, 0.1) is 0 Å². The topological polar surface area (TPSA) is 6.48 Å². The largest absolute Gasteiger partial charge is 0.359 e. The van der Waals surface area contributed by atoms with Crippen LogP contribution in [0.1, 0.15) is 142 Å². The molecule has 1 aliphatic heterocycles. The predicted molar refractivity (Wildman–Crippen MR) is 131 cm³/mol. The van der Waals surface area contributed by atoms with Crippen molar-refractivity contribution in [1.29, 1.82) is 0 Å². The zero-order chi connectivity index (χ0) is 20.8. The van der Waals surface area contributed by atoms with E-state index in [1.807, 2.05) is 0 Å². The van der Waals surface area contributed by atoms with Crippen LogP contribution in [0.25, 0.3) is 0 Å². The van der Waals surface area contributed by atoms with E-state index in [9.17, 15) is 0 Å². The fourth-order valence-electron chi connectivity index (χ4n) is 4.41. The smallest absolute Gasteiger partial charge is 0.0893 e. The molecule has 0 saturated carbocycles.